The summed E-state index contributed by atoms with van der Waals surface area (Å²) in [5.74, 6) is -0.557. The van der Waals surface area contributed by atoms with Gasteiger partial charge in [-0.3, -0.25) is 4.79 Å². The molecule has 2 aromatic rings. The predicted molar refractivity (Wildman–Crippen MR) is 73.8 cm³/mol. The lowest BCUT2D eigenvalue weighted by atomic mass is 10.1. The molecule has 2 rings (SSSR count). The van der Waals surface area contributed by atoms with Crippen LogP contribution in [-0.4, -0.2) is 18.0 Å². The van der Waals surface area contributed by atoms with Crippen LogP contribution in [0.5, 0.6) is 0 Å². The summed E-state index contributed by atoms with van der Waals surface area (Å²) in [5, 5.41) is 10.1. The third-order valence-corrected chi connectivity index (χ3v) is 2.71. The zero-order chi connectivity index (χ0) is 13.7. The van der Waals surface area contributed by atoms with Crippen LogP contribution in [0.2, 0.25) is 0 Å². The van der Waals surface area contributed by atoms with E-state index in [1.807, 2.05) is 12.1 Å². The van der Waals surface area contributed by atoms with Gasteiger partial charge in [0.25, 0.3) is 0 Å². The quantitative estimate of drug-likeness (QED) is 0.516. The summed E-state index contributed by atoms with van der Waals surface area (Å²) in [5.41, 5.74) is 1.02. The zero-order valence-electron chi connectivity index (χ0n) is 10.5. The maximum Gasteiger partial charge on any atom is 0.231 e. The van der Waals surface area contributed by atoms with Crippen LogP contribution in [0.25, 0.3) is 5.76 Å². The van der Waals surface area contributed by atoms with E-state index < -0.39 is 0 Å². The summed E-state index contributed by atoms with van der Waals surface area (Å²) in [6.45, 7) is 0. The number of rotatable bonds is 4. The van der Waals surface area contributed by atoms with E-state index in [1.165, 1.54) is 7.11 Å². The molecule has 2 aromatic carbocycles. The van der Waals surface area contributed by atoms with Crippen molar-refractivity contribution in [3.63, 3.8) is 0 Å². The maximum atomic E-state index is 12.2. The number of ketones is 1. The van der Waals surface area contributed by atoms with Gasteiger partial charge in [0, 0.05) is 11.1 Å². The minimum absolute atomic E-state index is 0.0580. The highest BCUT2D eigenvalue weighted by Gasteiger charge is 2.18. The fourth-order valence-electron chi connectivity index (χ4n) is 1.74. The molecule has 0 radical (unpaired) electrons. The molecule has 0 spiro atoms. The Hall–Kier alpha value is -2.55. The van der Waals surface area contributed by atoms with Crippen molar-refractivity contribution >= 4 is 11.5 Å². The van der Waals surface area contributed by atoms with Crippen molar-refractivity contribution in [1.29, 1.82) is 0 Å². The molecule has 0 aliphatic rings. The van der Waals surface area contributed by atoms with E-state index in [9.17, 15) is 9.90 Å². The monoisotopic (exact) mass is 254 g/mol. The molecule has 1 N–H and O–H groups in total. The number of ether oxygens (including phenoxy) is 1. The van der Waals surface area contributed by atoms with Crippen LogP contribution in [0.3, 0.4) is 0 Å². The first-order valence-electron chi connectivity index (χ1n) is 5.86. The van der Waals surface area contributed by atoms with E-state index in [1.54, 1.807) is 48.5 Å². The Kier molecular flexibility index (Phi) is 3.98. The van der Waals surface area contributed by atoms with Gasteiger partial charge in [-0.1, -0.05) is 60.7 Å². The smallest absolute Gasteiger partial charge is 0.231 e. The molecule has 0 heterocycles. The Bertz CT molecular complexity index is 586. The van der Waals surface area contributed by atoms with Crippen molar-refractivity contribution in [3.8, 4) is 0 Å². The van der Waals surface area contributed by atoms with E-state index in [4.69, 9.17) is 4.74 Å². The van der Waals surface area contributed by atoms with Crippen molar-refractivity contribution in [2.75, 3.05) is 7.11 Å². The van der Waals surface area contributed by atoms with E-state index in [-0.39, 0.29) is 17.3 Å². The Morgan fingerprint density at radius 3 is 1.84 bits per heavy atom. The molecular formula is C16H14O3. The number of methoxy groups -OCH3 is 1. The number of aliphatic hydroxyl groups is 1. The lowest BCUT2D eigenvalue weighted by Gasteiger charge is -2.09. The first-order valence-corrected chi connectivity index (χ1v) is 5.86. The molecule has 0 bridgehead atoms. The Morgan fingerprint density at radius 2 is 1.37 bits per heavy atom. The third kappa shape index (κ3) is 2.83. The van der Waals surface area contributed by atoms with Gasteiger partial charge in [0.05, 0.1) is 7.11 Å². The summed E-state index contributed by atoms with van der Waals surface area (Å²) >= 11 is 0. The van der Waals surface area contributed by atoms with Gasteiger partial charge in [-0.2, -0.15) is 0 Å². The third-order valence-electron chi connectivity index (χ3n) is 2.71. The Balaban J connectivity index is 2.42. The topological polar surface area (TPSA) is 46.5 Å². The van der Waals surface area contributed by atoms with Gasteiger partial charge in [0.15, 0.2) is 5.76 Å². The summed E-state index contributed by atoms with van der Waals surface area (Å²) in [6.07, 6.45) is 0. The zero-order valence-corrected chi connectivity index (χ0v) is 10.5. The van der Waals surface area contributed by atoms with Gasteiger partial charge >= 0.3 is 0 Å². The second-order valence-electron chi connectivity index (χ2n) is 3.94. The number of Topliss-reactive ketones (excluding diaryl/α,β-unsaturated/α-hetero) is 1. The number of allylic oxidation sites excluding steroid dienone is 1. The number of hydrogen-bond donors (Lipinski definition) is 1. The first kappa shape index (κ1) is 12.9. The van der Waals surface area contributed by atoms with Gasteiger partial charge < -0.3 is 9.84 Å². The van der Waals surface area contributed by atoms with Gasteiger partial charge in [-0.05, 0) is 0 Å². The Labute approximate surface area is 111 Å². The van der Waals surface area contributed by atoms with Crippen LogP contribution in [0.15, 0.2) is 66.4 Å². The van der Waals surface area contributed by atoms with Crippen LogP contribution in [0.4, 0.5) is 0 Å². The lowest BCUT2D eigenvalue weighted by molar-refractivity contribution is 0.0950. The summed E-state index contributed by atoms with van der Waals surface area (Å²) < 4.78 is 5.06. The largest absolute Gasteiger partial charge is 0.504 e. The van der Waals surface area contributed by atoms with Crippen molar-refractivity contribution in [2.45, 2.75) is 0 Å². The molecule has 0 aromatic heterocycles. The molecule has 0 unspecified atom stereocenters. The number of aliphatic hydroxyl groups excluding tert-OH is 1. The standard InChI is InChI=1S/C16H14O3/c1-19-16(14(17)12-8-4-2-5-9-12)15(18)13-10-6-3-7-11-13/h2-11,17H,1H3. The van der Waals surface area contributed by atoms with E-state index in [2.05, 4.69) is 0 Å². The average molecular weight is 254 g/mol. The van der Waals surface area contributed by atoms with Crippen LogP contribution in [0, 0.1) is 0 Å². The van der Waals surface area contributed by atoms with Crippen molar-refractivity contribution < 1.29 is 14.6 Å². The van der Waals surface area contributed by atoms with E-state index in [0.717, 1.165) is 0 Å². The highest BCUT2D eigenvalue weighted by Crippen LogP contribution is 2.19. The molecule has 0 amide bonds. The highest BCUT2D eigenvalue weighted by molar-refractivity contribution is 6.10. The molecule has 0 aliphatic heterocycles. The van der Waals surface area contributed by atoms with E-state index >= 15 is 0 Å². The van der Waals surface area contributed by atoms with Gasteiger partial charge in [-0.25, -0.2) is 0 Å². The van der Waals surface area contributed by atoms with E-state index in [0.29, 0.717) is 11.1 Å². The van der Waals surface area contributed by atoms with Crippen molar-refractivity contribution in [3.05, 3.63) is 77.5 Å². The van der Waals surface area contributed by atoms with Crippen LogP contribution in [0.1, 0.15) is 15.9 Å². The lowest BCUT2D eigenvalue weighted by Crippen LogP contribution is -2.08. The molecule has 96 valence electrons. The average Bonchev–Trinajstić information content (AvgIpc) is 2.49. The Morgan fingerprint density at radius 1 is 0.895 bits per heavy atom. The number of benzene rings is 2. The van der Waals surface area contributed by atoms with Crippen LogP contribution in [-0.2, 0) is 4.74 Å². The minimum Gasteiger partial charge on any atom is -0.504 e. The molecule has 0 saturated carbocycles. The molecule has 0 aliphatic carbocycles. The van der Waals surface area contributed by atoms with Gasteiger partial charge in [0.2, 0.25) is 11.5 Å². The minimum atomic E-state index is -0.343. The second kappa shape index (κ2) is 5.87. The fourth-order valence-corrected chi connectivity index (χ4v) is 1.74. The van der Waals surface area contributed by atoms with Crippen molar-refractivity contribution in [1.82, 2.24) is 0 Å². The molecular weight excluding hydrogens is 240 g/mol. The summed E-state index contributed by atoms with van der Waals surface area (Å²) in [4.78, 5) is 12.2. The molecule has 3 heteroatoms. The predicted octanol–water partition coefficient (Wildman–Crippen LogP) is 3.44. The SMILES string of the molecule is COC(C(=O)c1ccccc1)=C(O)c1ccccc1. The summed E-state index contributed by atoms with van der Waals surface area (Å²) in [7, 11) is 1.37. The maximum absolute atomic E-state index is 12.2. The van der Waals surface area contributed by atoms with Crippen molar-refractivity contribution in [2.24, 2.45) is 0 Å². The molecule has 19 heavy (non-hydrogen) atoms. The normalized spacial score (nSPS) is 11.6. The molecule has 0 atom stereocenters. The van der Waals surface area contributed by atoms with Gasteiger partial charge in [0.1, 0.15) is 0 Å². The highest BCUT2D eigenvalue weighted by atomic mass is 16.5. The number of hydrogen-bond acceptors (Lipinski definition) is 3. The van der Waals surface area contributed by atoms with Crippen LogP contribution < -0.4 is 0 Å². The number of carbonyl (C=O) groups excluding carboxylic acids is 1. The van der Waals surface area contributed by atoms with Crippen LogP contribution >= 0.6 is 0 Å². The molecule has 0 saturated heterocycles. The second-order valence-corrected chi connectivity index (χ2v) is 3.94. The number of carbonyl (C=O) groups is 1. The molecule has 0 fully saturated rings. The summed E-state index contributed by atoms with van der Waals surface area (Å²) in [6, 6.07) is 17.5. The van der Waals surface area contributed by atoms with Gasteiger partial charge in [-0.15, -0.1) is 0 Å². The molecule has 3 nitrogen and oxygen atoms in total. The first-order chi connectivity index (χ1) is 9.24. The fraction of sp³-hybridized carbons (Fsp3) is 0.0625.